The second-order valence-corrected chi connectivity index (χ2v) is 8.07. The third-order valence-corrected chi connectivity index (χ3v) is 6.29. The Hall–Kier alpha value is -3.03. The minimum absolute atomic E-state index is 0.170. The van der Waals surface area contributed by atoms with E-state index in [0.717, 1.165) is 31.4 Å². The molecule has 0 fully saturated rings. The summed E-state index contributed by atoms with van der Waals surface area (Å²) in [6.07, 6.45) is 3.91. The first-order chi connectivity index (χ1) is 14.2. The first-order valence-corrected chi connectivity index (χ1v) is 10.2. The zero-order valence-corrected chi connectivity index (χ0v) is 16.3. The number of nitrogens with one attached hydrogen (secondary N) is 1. The van der Waals surface area contributed by atoms with Crippen molar-refractivity contribution < 1.29 is 9.13 Å². The van der Waals surface area contributed by atoms with Gasteiger partial charge in [-0.05, 0) is 47.7 Å². The highest BCUT2D eigenvalue weighted by molar-refractivity contribution is 7.19. The van der Waals surface area contributed by atoms with Gasteiger partial charge >= 0.3 is 0 Å². The van der Waals surface area contributed by atoms with Crippen LogP contribution in [0.3, 0.4) is 0 Å². The van der Waals surface area contributed by atoms with Crippen LogP contribution in [0, 0.1) is 5.82 Å². The topological polar surface area (TPSA) is 56.1 Å². The maximum Gasteiger partial charge on any atom is 0.258 e. The van der Waals surface area contributed by atoms with Crippen molar-refractivity contribution in [3.63, 3.8) is 0 Å². The van der Waals surface area contributed by atoms with Crippen molar-refractivity contribution in [3.05, 3.63) is 87.2 Å². The zero-order valence-electron chi connectivity index (χ0n) is 15.5. The number of hydrogen-bond acceptors (Lipinski definition) is 5. The lowest BCUT2D eigenvalue weighted by atomic mass is 10.1. The number of rotatable bonds is 4. The molecule has 1 N–H and O–H groups in total. The predicted octanol–water partition coefficient (Wildman–Crippen LogP) is 3.81. The van der Waals surface area contributed by atoms with E-state index in [2.05, 4.69) is 22.4 Å². The number of aromatic nitrogens is 2. The van der Waals surface area contributed by atoms with E-state index < -0.39 is 5.82 Å². The molecular formula is C22H18FN3O2S. The number of hydrogen-bond donors (Lipinski definition) is 1. The number of fused-ring (bicyclic) bond motifs is 3. The Labute approximate surface area is 170 Å². The van der Waals surface area contributed by atoms with E-state index in [0.29, 0.717) is 11.4 Å². The standard InChI is InChI=1S/C22H18FN3O2S/c23-14-1-2-15(25-11-14)13-28-17-6-8-26(22(27)10-17)16-3-4-18-19-12-24-7-5-20(19)29-21(18)9-16/h1-4,6,8-11,24H,5,7,12-13H2. The first kappa shape index (κ1) is 18.0. The van der Waals surface area contributed by atoms with Crippen LogP contribution in [-0.4, -0.2) is 16.1 Å². The van der Waals surface area contributed by atoms with Crippen molar-refractivity contribution in [2.24, 2.45) is 0 Å². The number of nitrogens with zero attached hydrogens (tertiary/aromatic N) is 2. The van der Waals surface area contributed by atoms with Crippen LogP contribution in [0.1, 0.15) is 16.1 Å². The van der Waals surface area contributed by atoms with Gasteiger partial charge in [-0.3, -0.25) is 14.3 Å². The Morgan fingerprint density at radius 2 is 2.14 bits per heavy atom. The molecule has 1 aliphatic rings. The molecule has 4 heterocycles. The van der Waals surface area contributed by atoms with Crippen LogP contribution in [0.15, 0.2) is 59.7 Å². The zero-order chi connectivity index (χ0) is 19.8. The molecule has 1 aliphatic heterocycles. The number of thiophene rings is 1. The molecule has 0 unspecified atom stereocenters. The van der Waals surface area contributed by atoms with E-state index in [1.54, 1.807) is 22.9 Å². The van der Waals surface area contributed by atoms with Crippen LogP contribution >= 0.6 is 11.3 Å². The van der Waals surface area contributed by atoms with Gasteiger partial charge in [-0.25, -0.2) is 4.39 Å². The minimum Gasteiger partial charge on any atom is -0.487 e. The highest BCUT2D eigenvalue weighted by atomic mass is 32.1. The van der Waals surface area contributed by atoms with Crippen molar-refractivity contribution in [2.45, 2.75) is 19.6 Å². The molecule has 5 rings (SSSR count). The average molecular weight is 407 g/mol. The van der Waals surface area contributed by atoms with Gasteiger partial charge in [0.2, 0.25) is 0 Å². The molecule has 4 aromatic rings. The molecular weight excluding hydrogens is 389 g/mol. The minimum atomic E-state index is -0.392. The Kier molecular flexibility index (Phi) is 4.61. The van der Waals surface area contributed by atoms with E-state index in [4.69, 9.17) is 4.74 Å². The average Bonchev–Trinajstić information content (AvgIpc) is 3.11. The summed E-state index contributed by atoms with van der Waals surface area (Å²) in [7, 11) is 0. The third kappa shape index (κ3) is 3.54. The van der Waals surface area contributed by atoms with Crippen LogP contribution in [0.5, 0.6) is 5.75 Å². The molecule has 1 aromatic carbocycles. The number of pyridine rings is 2. The first-order valence-electron chi connectivity index (χ1n) is 9.39. The fraction of sp³-hybridized carbons (Fsp3) is 0.182. The maximum atomic E-state index is 12.9. The lowest BCUT2D eigenvalue weighted by Gasteiger charge is -2.12. The number of ether oxygens (including phenoxy) is 1. The number of benzene rings is 1. The quantitative estimate of drug-likeness (QED) is 0.559. The second-order valence-electron chi connectivity index (χ2n) is 6.94. The molecule has 3 aromatic heterocycles. The molecule has 146 valence electrons. The lowest BCUT2D eigenvalue weighted by Crippen LogP contribution is -2.22. The molecule has 5 nitrogen and oxygen atoms in total. The Morgan fingerprint density at radius 3 is 2.97 bits per heavy atom. The van der Waals surface area contributed by atoms with E-state index in [1.807, 2.05) is 17.4 Å². The van der Waals surface area contributed by atoms with Gasteiger partial charge in [0.15, 0.2) is 0 Å². The van der Waals surface area contributed by atoms with E-state index >= 15 is 0 Å². The molecule has 0 amide bonds. The Balaban J connectivity index is 1.39. The summed E-state index contributed by atoms with van der Waals surface area (Å²) >= 11 is 1.81. The van der Waals surface area contributed by atoms with Crippen molar-refractivity contribution in [1.29, 1.82) is 0 Å². The van der Waals surface area contributed by atoms with Crippen molar-refractivity contribution in [2.75, 3.05) is 6.54 Å². The monoisotopic (exact) mass is 407 g/mol. The fourth-order valence-electron chi connectivity index (χ4n) is 3.56. The summed E-state index contributed by atoms with van der Waals surface area (Å²) < 4.78 is 21.4. The van der Waals surface area contributed by atoms with E-state index in [-0.39, 0.29) is 12.2 Å². The SMILES string of the molecule is O=c1cc(OCc2ccc(F)cn2)ccn1-c1ccc2c3c(sc2c1)CCNC3. The van der Waals surface area contributed by atoms with Crippen molar-refractivity contribution in [3.8, 4) is 11.4 Å². The summed E-state index contributed by atoms with van der Waals surface area (Å²) in [6.45, 7) is 2.09. The molecule has 0 saturated carbocycles. The van der Waals surface area contributed by atoms with Gasteiger partial charge in [0, 0.05) is 34.9 Å². The molecule has 0 aliphatic carbocycles. The number of halogens is 1. The molecule has 29 heavy (non-hydrogen) atoms. The highest BCUT2D eigenvalue weighted by Crippen LogP contribution is 2.34. The van der Waals surface area contributed by atoms with E-state index in [9.17, 15) is 9.18 Å². The van der Waals surface area contributed by atoms with Crippen LogP contribution in [0.25, 0.3) is 15.8 Å². The molecule has 7 heteroatoms. The Bertz CT molecular complexity index is 1250. The second kappa shape index (κ2) is 7.42. The van der Waals surface area contributed by atoms with Gasteiger partial charge < -0.3 is 10.1 Å². The summed E-state index contributed by atoms with van der Waals surface area (Å²) in [5.74, 6) is 0.0623. The summed E-state index contributed by atoms with van der Waals surface area (Å²) in [4.78, 5) is 18.0. The van der Waals surface area contributed by atoms with Crippen LogP contribution in [0.2, 0.25) is 0 Å². The van der Waals surface area contributed by atoms with Gasteiger partial charge in [-0.2, -0.15) is 0 Å². The summed E-state index contributed by atoms with van der Waals surface area (Å²) in [5.41, 5.74) is 2.64. The van der Waals surface area contributed by atoms with Gasteiger partial charge in [0.05, 0.1) is 17.6 Å². The van der Waals surface area contributed by atoms with Crippen molar-refractivity contribution in [1.82, 2.24) is 14.9 Å². The normalized spacial score (nSPS) is 13.4. The molecule has 0 radical (unpaired) electrons. The van der Waals surface area contributed by atoms with Crippen LogP contribution < -0.4 is 15.6 Å². The summed E-state index contributed by atoms with van der Waals surface area (Å²) in [5, 5.41) is 4.69. The van der Waals surface area contributed by atoms with E-state index in [1.165, 1.54) is 32.7 Å². The van der Waals surface area contributed by atoms with Crippen LogP contribution in [0.4, 0.5) is 4.39 Å². The third-order valence-electron chi connectivity index (χ3n) is 5.04. The molecule has 0 spiro atoms. The van der Waals surface area contributed by atoms with Gasteiger partial charge in [0.1, 0.15) is 18.2 Å². The Morgan fingerprint density at radius 1 is 1.21 bits per heavy atom. The molecule has 0 bridgehead atoms. The highest BCUT2D eigenvalue weighted by Gasteiger charge is 2.16. The smallest absolute Gasteiger partial charge is 0.258 e. The largest absolute Gasteiger partial charge is 0.487 e. The van der Waals surface area contributed by atoms with Crippen molar-refractivity contribution >= 4 is 21.4 Å². The maximum absolute atomic E-state index is 12.9. The lowest BCUT2D eigenvalue weighted by molar-refractivity contribution is 0.300. The predicted molar refractivity (Wildman–Crippen MR) is 111 cm³/mol. The summed E-state index contributed by atoms with van der Waals surface area (Å²) in [6, 6.07) is 12.2. The molecule has 0 atom stereocenters. The van der Waals surface area contributed by atoms with Gasteiger partial charge in [0.25, 0.3) is 5.56 Å². The van der Waals surface area contributed by atoms with Gasteiger partial charge in [-0.1, -0.05) is 6.07 Å². The van der Waals surface area contributed by atoms with Crippen LogP contribution in [-0.2, 0) is 19.6 Å². The van der Waals surface area contributed by atoms with Gasteiger partial charge in [-0.15, -0.1) is 11.3 Å². The molecule has 0 saturated heterocycles. The fourth-order valence-corrected chi connectivity index (χ4v) is 4.82.